The predicted molar refractivity (Wildman–Crippen MR) is 141 cm³/mol. The molecule has 1 saturated heterocycles. The number of anilines is 1. The summed E-state index contributed by atoms with van der Waals surface area (Å²) in [5, 5.41) is 6.79. The van der Waals surface area contributed by atoms with Crippen molar-refractivity contribution in [3.05, 3.63) is 59.2 Å². The van der Waals surface area contributed by atoms with Crippen LogP contribution in [0.1, 0.15) is 16.7 Å². The van der Waals surface area contributed by atoms with E-state index >= 15 is 0 Å². The van der Waals surface area contributed by atoms with Crippen LogP contribution in [0, 0.1) is 6.92 Å². The molecule has 0 spiro atoms. The van der Waals surface area contributed by atoms with Crippen molar-refractivity contribution in [3.8, 4) is 5.75 Å². The molecular formula is C23H33IN4OS. The summed E-state index contributed by atoms with van der Waals surface area (Å²) in [4.78, 5) is 6.80. The number of rotatable bonds is 7. The van der Waals surface area contributed by atoms with Gasteiger partial charge in [-0.1, -0.05) is 24.3 Å². The molecule has 0 bridgehead atoms. The highest BCUT2D eigenvalue weighted by atomic mass is 127. The summed E-state index contributed by atoms with van der Waals surface area (Å²) in [6.45, 7) is 5.92. The highest BCUT2D eigenvalue weighted by molar-refractivity contribution is 14.0. The number of methoxy groups -OCH3 is 1. The molecule has 0 amide bonds. The van der Waals surface area contributed by atoms with Crippen molar-refractivity contribution >= 4 is 47.4 Å². The van der Waals surface area contributed by atoms with Gasteiger partial charge < -0.3 is 20.3 Å². The first-order valence-corrected chi connectivity index (χ1v) is 11.3. The quantitative estimate of drug-likeness (QED) is 0.315. The number of thioether (sulfide) groups is 1. The van der Waals surface area contributed by atoms with Gasteiger partial charge in [0.05, 0.1) is 7.11 Å². The summed E-state index contributed by atoms with van der Waals surface area (Å²) in [6.07, 6.45) is 0.917. The van der Waals surface area contributed by atoms with E-state index in [1.54, 1.807) is 7.11 Å². The van der Waals surface area contributed by atoms with E-state index in [1.165, 1.54) is 28.3 Å². The SMILES string of the molecule is CN=C(NCCc1ccc(C)c(OC)c1)NCc1ccc(N2CCSCC2)cc1.I. The largest absolute Gasteiger partial charge is 0.496 e. The van der Waals surface area contributed by atoms with Crippen molar-refractivity contribution < 1.29 is 4.74 Å². The molecule has 0 aromatic heterocycles. The molecule has 0 saturated carbocycles. The first kappa shape index (κ1) is 24.7. The van der Waals surface area contributed by atoms with Crippen LogP contribution in [0.3, 0.4) is 0 Å². The fourth-order valence-electron chi connectivity index (χ4n) is 3.40. The van der Waals surface area contributed by atoms with Crippen LogP contribution in [-0.4, -0.2) is 51.3 Å². The van der Waals surface area contributed by atoms with Crippen molar-refractivity contribution in [2.24, 2.45) is 4.99 Å². The summed E-state index contributed by atoms with van der Waals surface area (Å²) in [6, 6.07) is 15.2. The Morgan fingerprint density at radius 1 is 1.07 bits per heavy atom. The molecule has 0 unspecified atom stereocenters. The number of hydrogen-bond acceptors (Lipinski definition) is 4. The van der Waals surface area contributed by atoms with Gasteiger partial charge in [-0.25, -0.2) is 0 Å². The second-order valence-corrected chi connectivity index (χ2v) is 8.40. The van der Waals surface area contributed by atoms with E-state index in [9.17, 15) is 0 Å². The number of guanidine groups is 1. The minimum atomic E-state index is 0. The number of ether oxygens (including phenoxy) is 1. The minimum absolute atomic E-state index is 0. The number of aryl methyl sites for hydroxylation is 1. The Balaban J connectivity index is 0.00000320. The molecule has 30 heavy (non-hydrogen) atoms. The standard InChI is InChI=1S/C23H32N4OS.HI/c1-18-4-5-19(16-22(18)28-3)10-11-25-23(24-2)26-17-20-6-8-21(9-7-20)27-12-14-29-15-13-27;/h4-9,16H,10-15,17H2,1-3H3,(H2,24,25,26);1H. The normalized spacial score (nSPS) is 14.1. The van der Waals surface area contributed by atoms with Gasteiger partial charge >= 0.3 is 0 Å². The molecular weight excluding hydrogens is 507 g/mol. The van der Waals surface area contributed by atoms with Crippen LogP contribution in [0.5, 0.6) is 5.75 Å². The van der Waals surface area contributed by atoms with Gasteiger partial charge in [-0.15, -0.1) is 24.0 Å². The average molecular weight is 541 g/mol. The lowest BCUT2D eigenvalue weighted by atomic mass is 10.1. The lowest BCUT2D eigenvalue weighted by Gasteiger charge is -2.28. The van der Waals surface area contributed by atoms with Crippen LogP contribution < -0.4 is 20.3 Å². The Labute approximate surface area is 202 Å². The molecule has 5 nitrogen and oxygen atoms in total. The van der Waals surface area contributed by atoms with Crippen molar-refractivity contribution in [1.82, 2.24) is 10.6 Å². The third-order valence-corrected chi connectivity index (χ3v) is 6.12. The smallest absolute Gasteiger partial charge is 0.191 e. The zero-order valence-corrected chi connectivity index (χ0v) is 21.3. The maximum Gasteiger partial charge on any atom is 0.191 e. The molecule has 2 N–H and O–H groups in total. The second-order valence-electron chi connectivity index (χ2n) is 7.17. The lowest BCUT2D eigenvalue weighted by Crippen LogP contribution is -2.37. The Kier molecular flexibility index (Phi) is 10.6. The zero-order valence-electron chi connectivity index (χ0n) is 18.1. The van der Waals surface area contributed by atoms with Crippen molar-refractivity contribution in [2.45, 2.75) is 19.9 Å². The molecule has 0 aliphatic carbocycles. The van der Waals surface area contributed by atoms with Crippen LogP contribution in [0.25, 0.3) is 0 Å². The van der Waals surface area contributed by atoms with E-state index in [1.807, 2.05) is 18.8 Å². The van der Waals surface area contributed by atoms with Crippen LogP contribution in [-0.2, 0) is 13.0 Å². The highest BCUT2D eigenvalue weighted by Crippen LogP contribution is 2.20. The zero-order chi connectivity index (χ0) is 20.5. The lowest BCUT2D eigenvalue weighted by molar-refractivity contribution is 0.411. The van der Waals surface area contributed by atoms with Gasteiger partial charge in [0.15, 0.2) is 5.96 Å². The Morgan fingerprint density at radius 3 is 2.43 bits per heavy atom. The third-order valence-electron chi connectivity index (χ3n) is 5.17. The van der Waals surface area contributed by atoms with Gasteiger partial charge in [-0.2, -0.15) is 11.8 Å². The third kappa shape index (κ3) is 7.27. The van der Waals surface area contributed by atoms with Crippen molar-refractivity contribution in [1.29, 1.82) is 0 Å². The number of benzene rings is 2. The van der Waals surface area contributed by atoms with Crippen LogP contribution in [0.15, 0.2) is 47.5 Å². The molecule has 3 rings (SSSR count). The number of nitrogens with zero attached hydrogens (tertiary/aromatic N) is 2. The molecule has 1 heterocycles. The highest BCUT2D eigenvalue weighted by Gasteiger charge is 2.10. The summed E-state index contributed by atoms with van der Waals surface area (Å²) in [7, 11) is 3.52. The van der Waals surface area contributed by atoms with Gasteiger partial charge in [0.1, 0.15) is 5.75 Å². The van der Waals surface area contributed by atoms with Crippen LogP contribution in [0.4, 0.5) is 5.69 Å². The number of hydrogen-bond donors (Lipinski definition) is 2. The van der Waals surface area contributed by atoms with E-state index in [-0.39, 0.29) is 24.0 Å². The van der Waals surface area contributed by atoms with Crippen LogP contribution >= 0.6 is 35.7 Å². The fraction of sp³-hybridized carbons (Fsp3) is 0.435. The molecule has 1 aliphatic heterocycles. The summed E-state index contributed by atoms with van der Waals surface area (Å²) in [5.41, 5.74) is 4.99. The Bertz CT molecular complexity index is 807. The Morgan fingerprint density at radius 2 is 1.77 bits per heavy atom. The van der Waals surface area contributed by atoms with Crippen LogP contribution in [0.2, 0.25) is 0 Å². The summed E-state index contributed by atoms with van der Waals surface area (Å²) < 4.78 is 5.41. The predicted octanol–water partition coefficient (Wildman–Crippen LogP) is 4.08. The molecule has 2 aromatic rings. The van der Waals surface area contributed by atoms with Gasteiger partial charge in [0, 0.05) is 50.4 Å². The number of nitrogens with one attached hydrogen (secondary N) is 2. The fourth-order valence-corrected chi connectivity index (χ4v) is 4.30. The first-order chi connectivity index (χ1) is 14.2. The maximum atomic E-state index is 5.41. The van der Waals surface area contributed by atoms with E-state index < -0.39 is 0 Å². The first-order valence-electron chi connectivity index (χ1n) is 10.2. The maximum absolute atomic E-state index is 5.41. The van der Waals surface area contributed by atoms with E-state index in [0.717, 1.165) is 49.9 Å². The molecule has 0 atom stereocenters. The van der Waals surface area contributed by atoms with Crippen molar-refractivity contribution in [2.75, 3.05) is 50.2 Å². The van der Waals surface area contributed by atoms with Crippen molar-refractivity contribution in [3.63, 3.8) is 0 Å². The van der Waals surface area contributed by atoms with E-state index in [4.69, 9.17) is 4.74 Å². The Hall–Kier alpha value is -1.61. The van der Waals surface area contributed by atoms with E-state index in [2.05, 4.69) is 69.9 Å². The summed E-state index contributed by atoms with van der Waals surface area (Å²) in [5.74, 6) is 4.21. The molecule has 7 heteroatoms. The topological polar surface area (TPSA) is 48.9 Å². The molecule has 164 valence electrons. The summed E-state index contributed by atoms with van der Waals surface area (Å²) >= 11 is 2.04. The number of halogens is 1. The average Bonchev–Trinajstić information content (AvgIpc) is 2.78. The second kappa shape index (κ2) is 12.9. The van der Waals surface area contributed by atoms with Gasteiger partial charge in [0.25, 0.3) is 0 Å². The molecule has 1 fully saturated rings. The van der Waals surface area contributed by atoms with Gasteiger partial charge in [-0.3, -0.25) is 4.99 Å². The molecule has 2 aromatic carbocycles. The number of aliphatic imine (C=N–C) groups is 1. The molecule has 0 radical (unpaired) electrons. The van der Waals surface area contributed by atoms with E-state index in [0.29, 0.717) is 0 Å². The molecule has 1 aliphatic rings. The van der Waals surface area contributed by atoms with Gasteiger partial charge in [0.2, 0.25) is 0 Å². The monoisotopic (exact) mass is 540 g/mol. The van der Waals surface area contributed by atoms with Gasteiger partial charge in [-0.05, 0) is 48.2 Å². The minimum Gasteiger partial charge on any atom is -0.496 e.